The maximum Gasteiger partial charge on any atom is 0.286 e. The van der Waals surface area contributed by atoms with Crippen molar-refractivity contribution in [1.29, 1.82) is 0 Å². The number of nitrogens with two attached hydrogens (primary N) is 1. The number of halogens is 2. The van der Waals surface area contributed by atoms with Crippen LogP contribution in [0, 0.1) is 0 Å². The number of amides is 2. The number of carbonyl (C=O) groups is 2. The Balaban J connectivity index is 1.87. The third kappa shape index (κ3) is 3.13. The first-order valence-corrected chi connectivity index (χ1v) is 7.60. The highest BCUT2D eigenvalue weighted by atomic mass is 35.5. The first kappa shape index (κ1) is 15.7. The lowest BCUT2D eigenvalue weighted by Crippen LogP contribution is -2.37. The van der Waals surface area contributed by atoms with Gasteiger partial charge in [0.15, 0.2) is 0 Å². The predicted octanol–water partition coefficient (Wildman–Crippen LogP) is 2.08. The summed E-state index contributed by atoms with van der Waals surface area (Å²) in [6, 6.07) is 4.74. The molecule has 23 heavy (non-hydrogen) atoms. The zero-order valence-electron chi connectivity index (χ0n) is 11.9. The van der Waals surface area contributed by atoms with Gasteiger partial charge in [-0.3, -0.25) is 9.59 Å². The van der Waals surface area contributed by atoms with Crippen LogP contribution in [-0.4, -0.2) is 33.2 Å². The smallest absolute Gasteiger partial charge is 0.286 e. The Hall–Kier alpha value is -2.18. The van der Waals surface area contributed by atoms with Crippen molar-refractivity contribution < 1.29 is 9.59 Å². The summed E-state index contributed by atoms with van der Waals surface area (Å²) in [6.07, 6.45) is 2.19. The largest absolute Gasteiger partial charge is 0.363 e. The fourth-order valence-corrected chi connectivity index (χ4v) is 2.92. The van der Waals surface area contributed by atoms with Crippen molar-refractivity contribution in [3.63, 3.8) is 0 Å². The van der Waals surface area contributed by atoms with Crippen molar-refractivity contribution in [3.8, 4) is 0 Å². The molecular weight excluding hydrogens is 339 g/mol. The van der Waals surface area contributed by atoms with Gasteiger partial charge in [-0.2, -0.15) is 0 Å². The predicted molar refractivity (Wildman–Crippen MR) is 85.5 cm³/mol. The molecule has 0 unspecified atom stereocenters. The number of aromatic nitrogens is 2. The monoisotopic (exact) mass is 350 g/mol. The molecule has 1 aliphatic heterocycles. The molecule has 3 rings (SSSR count). The summed E-state index contributed by atoms with van der Waals surface area (Å²) in [6.45, 7) is 0.792. The number of hydrogen-bond acceptors (Lipinski definition) is 4. The molecule has 1 aliphatic rings. The Labute approximate surface area is 142 Å². The average molecular weight is 351 g/mol. The van der Waals surface area contributed by atoms with Crippen LogP contribution in [0.25, 0.3) is 0 Å². The summed E-state index contributed by atoms with van der Waals surface area (Å²) in [5, 5.41) is 0.767. The van der Waals surface area contributed by atoms with Crippen molar-refractivity contribution in [2.24, 2.45) is 5.73 Å². The minimum Gasteiger partial charge on any atom is -0.363 e. The van der Waals surface area contributed by atoms with Crippen molar-refractivity contribution >= 4 is 35.0 Å². The van der Waals surface area contributed by atoms with Crippen LogP contribution in [0.15, 0.2) is 24.4 Å². The summed E-state index contributed by atoms with van der Waals surface area (Å²) in [5.74, 6) is -0.962. The molecule has 2 amide bonds. The minimum atomic E-state index is -0.697. The van der Waals surface area contributed by atoms with Gasteiger partial charge in [0.2, 0.25) is 5.82 Å². The number of hydrogen-bond donors (Lipinski definition) is 1. The zero-order chi connectivity index (χ0) is 16.6. The van der Waals surface area contributed by atoms with Crippen LogP contribution in [0.5, 0.6) is 0 Å². The molecular formula is C15H12Cl2N4O2. The maximum absolute atomic E-state index is 12.6. The van der Waals surface area contributed by atoms with Gasteiger partial charge in [-0.15, -0.1) is 0 Å². The molecule has 0 saturated heterocycles. The third-order valence-electron chi connectivity index (χ3n) is 3.62. The summed E-state index contributed by atoms with van der Waals surface area (Å²) >= 11 is 11.9. The minimum absolute atomic E-state index is 0.0532. The number of rotatable bonds is 2. The van der Waals surface area contributed by atoms with Gasteiger partial charge in [0.25, 0.3) is 11.8 Å². The number of carbonyl (C=O) groups excluding carboxylic acids is 2. The van der Waals surface area contributed by atoms with Crippen LogP contribution in [-0.2, 0) is 13.0 Å². The van der Waals surface area contributed by atoms with Gasteiger partial charge in [0.1, 0.15) is 0 Å². The third-order valence-corrected chi connectivity index (χ3v) is 4.16. The van der Waals surface area contributed by atoms with E-state index in [9.17, 15) is 9.59 Å². The first-order chi connectivity index (χ1) is 11.0. The van der Waals surface area contributed by atoms with E-state index in [-0.39, 0.29) is 18.3 Å². The van der Waals surface area contributed by atoms with E-state index in [0.717, 1.165) is 5.56 Å². The molecule has 2 aromatic rings. The molecule has 0 saturated carbocycles. The maximum atomic E-state index is 12.6. The highest BCUT2D eigenvalue weighted by Gasteiger charge is 2.25. The molecule has 0 atom stereocenters. The van der Waals surface area contributed by atoms with E-state index < -0.39 is 5.91 Å². The van der Waals surface area contributed by atoms with Gasteiger partial charge in [-0.1, -0.05) is 23.2 Å². The Morgan fingerprint density at radius 3 is 2.74 bits per heavy atom. The van der Waals surface area contributed by atoms with E-state index >= 15 is 0 Å². The number of fused-ring (bicyclic) bond motifs is 1. The molecule has 0 spiro atoms. The van der Waals surface area contributed by atoms with Gasteiger partial charge in [-0.25, -0.2) is 9.97 Å². The van der Waals surface area contributed by atoms with E-state index in [1.165, 1.54) is 6.07 Å². The van der Waals surface area contributed by atoms with E-state index in [2.05, 4.69) is 9.97 Å². The molecule has 0 fully saturated rings. The quantitative estimate of drug-likeness (QED) is 0.897. The van der Waals surface area contributed by atoms with Crippen LogP contribution in [0.1, 0.15) is 32.2 Å². The molecule has 2 N–H and O–H groups in total. The normalized spacial score (nSPS) is 13.6. The molecule has 0 aliphatic carbocycles. The topological polar surface area (TPSA) is 89.2 Å². The molecule has 6 nitrogen and oxygen atoms in total. The molecule has 0 radical (unpaired) electrons. The highest BCUT2D eigenvalue weighted by molar-refractivity contribution is 6.36. The van der Waals surface area contributed by atoms with E-state index in [1.54, 1.807) is 23.2 Å². The standard InChI is InChI=1S/C15H12Cl2N4O2/c16-9-1-2-10(11(17)5-9)15(23)21-4-3-8-6-19-14(13(18)22)20-12(8)7-21/h1-2,5-6H,3-4,7H2,(H2,18,22). The second kappa shape index (κ2) is 6.14. The summed E-state index contributed by atoms with van der Waals surface area (Å²) in [4.78, 5) is 33.5. The lowest BCUT2D eigenvalue weighted by atomic mass is 10.1. The second-order valence-corrected chi connectivity index (χ2v) is 5.97. The van der Waals surface area contributed by atoms with Crippen molar-refractivity contribution in [2.45, 2.75) is 13.0 Å². The van der Waals surface area contributed by atoms with Crippen molar-refractivity contribution in [2.75, 3.05) is 6.54 Å². The lowest BCUT2D eigenvalue weighted by molar-refractivity contribution is 0.0732. The fourth-order valence-electron chi connectivity index (χ4n) is 2.43. The second-order valence-electron chi connectivity index (χ2n) is 5.13. The van der Waals surface area contributed by atoms with Crippen molar-refractivity contribution in [1.82, 2.24) is 14.9 Å². The number of nitrogens with zero attached hydrogens (tertiary/aromatic N) is 3. The van der Waals surface area contributed by atoms with Gasteiger partial charge in [-0.05, 0) is 30.2 Å². The molecule has 118 valence electrons. The van der Waals surface area contributed by atoms with Crippen molar-refractivity contribution in [3.05, 3.63) is 57.1 Å². The van der Waals surface area contributed by atoms with Gasteiger partial charge < -0.3 is 10.6 Å². The summed E-state index contributed by atoms with van der Waals surface area (Å²) in [5.41, 5.74) is 7.10. The number of primary amides is 1. The fraction of sp³-hybridized carbons (Fsp3) is 0.200. The molecule has 1 aromatic heterocycles. The Kier molecular flexibility index (Phi) is 4.19. The molecule has 2 heterocycles. The Bertz CT molecular complexity index is 810. The van der Waals surface area contributed by atoms with Crippen LogP contribution < -0.4 is 5.73 Å². The van der Waals surface area contributed by atoms with Crippen LogP contribution in [0.3, 0.4) is 0 Å². The Morgan fingerprint density at radius 2 is 2.04 bits per heavy atom. The molecule has 1 aromatic carbocycles. The Morgan fingerprint density at radius 1 is 1.26 bits per heavy atom. The SMILES string of the molecule is NC(=O)c1ncc2c(n1)CN(C(=O)c1ccc(Cl)cc1Cl)CC2. The zero-order valence-corrected chi connectivity index (χ0v) is 13.4. The summed E-state index contributed by atoms with van der Waals surface area (Å²) in [7, 11) is 0. The molecule has 8 heteroatoms. The number of benzene rings is 1. The lowest BCUT2D eigenvalue weighted by Gasteiger charge is -2.28. The van der Waals surface area contributed by atoms with Crippen LogP contribution >= 0.6 is 23.2 Å². The van der Waals surface area contributed by atoms with Gasteiger partial charge in [0.05, 0.1) is 22.8 Å². The van der Waals surface area contributed by atoms with Crippen LogP contribution in [0.2, 0.25) is 10.0 Å². The average Bonchev–Trinajstić information content (AvgIpc) is 2.53. The molecule has 0 bridgehead atoms. The van der Waals surface area contributed by atoms with Gasteiger partial charge in [0, 0.05) is 17.8 Å². The van der Waals surface area contributed by atoms with E-state index in [1.807, 2.05) is 0 Å². The van der Waals surface area contributed by atoms with E-state index in [0.29, 0.717) is 34.3 Å². The first-order valence-electron chi connectivity index (χ1n) is 6.84. The van der Waals surface area contributed by atoms with E-state index in [4.69, 9.17) is 28.9 Å². The summed E-state index contributed by atoms with van der Waals surface area (Å²) < 4.78 is 0. The highest BCUT2D eigenvalue weighted by Crippen LogP contribution is 2.24. The van der Waals surface area contributed by atoms with Gasteiger partial charge >= 0.3 is 0 Å². The van der Waals surface area contributed by atoms with Crippen LogP contribution in [0.4, 0.5) is 0 Å².